The number of benzene rings is 9. The minimum absolute atomic E-state index is 0.918. The molecule has 0 amide bonds. The Hall–Kier alpha value is -5.66. The molecule has 1 heteroatoms. The van der Waals surface area contributed by atoms with Crippen molar-refractivity contribution in [2.24, 2.45) is 0 Å². The first kappa shape index (κ1) is 23.0. The van der Waals surface area contributed by atoms with Crippen molar-refractivity contribution < 1.29 is 4.42 Å². The van der Waals surface area contributed by atoms with Crippen molar-refractivity contribution in [2.45, 2.75) is 0 Å². The molecule has 10 rings (SSSR count). The number of furan rings is 1. The predicted octanol–water partition coefficient (Wildman–Crippen LogP) is 12.1. The quantitative estimate of drug-likeness (QED) is 0.197. The van der Waals surface area contributed by atoms with Gasteiger partial charge in [-0.1, -0.05) is 121 Å². The van der Waals surface area contributed by atoms with E-state index in [9.17, 15) is 0 Å². The van der Waals surface area contributed by atoms with Gasteiger partial charge in [0.15, 0.2) is 0 Å². The van der Waals surface area contributed by atoms with Gasteiger partial charge in [-0.15, -0.1) is 0 Å². The van der Waals surface area contributed by atoms with Crippen LogP contribution in [0.4, 0.5) is 0 Å². The van der Waals surface area contributed by atoms with Crippen LogP contribution in [-0.2, 0) is 0 Å². The van der Waals surface area contributed by atoms with Crippen molar-refractivity contribution in [3.63, 3.8) is 0 Å². The van der Waals surface area contributed by atoms with E-state index in [4.69, 9.17) is 4.42 Å². The summed E-state index contributed by atoms with van der Waals surface area (Å²) in [5.74, 6) is 0. The maximum Gasteiger partial charge on any atom is 0.143 e. The summed E-state index contributed by atoms with van der Waals surface area (Å²) in [5, 5.41) is 14.9. The Morgan fingerprint density at radius 1 is 0.326 bits per heavy atom. The number of rotatable bonds is 2. The van der Waals surface area contributed by atoms with Crippen LogP contribution in [0.2, 0.25) is 0 Å². The molecule has 0 spiro atoms. The standard InChI is InChI=1S/C42H24O/c1-2-7-29-22-32(15-12-25(29)6-1)33-20-21-36(42-41(33)37-23-30-8-3-4-9-31(30)24-38(37)43-42)34-18-16-28-14-13-26-10-5-11-27-17-19-35(34)40(28)39(26)27/h1-24H. The minimum Gasteiger partial charge on any atom is -0.455 e. The lowest BCUT2D eigenvalue weighted by atomic mass is 9.88. The van der Waals surface area contributed by atoms with Crippen LogP contribution in [0, 0.1) is 0 Å². The zero-order valence-electron chi connectivity index (χ0n) is 23.3. The van der Waals surface area contributed by atoms with Crippen LogP contribution in [0.15, 0.2) is 150 Å². The van der Waals surface area contributed by atoms with Crippen molar-refractivity contribution in [3.8, 4) is 22.3 Å². The third-order valence-corrected chi connectivity index (χ3v) is 9.37. The van der Waals surface area contributed by atoms with Crippen molar-refractivity contribution in [3.05, 3.63) is 146 Å². The Labute approximate surface area is 247 Å². The molecule has 0 fully saturated rings. The average Bonchev–Trinajstić information content (AvgIpc) is 3.44. The minimum atomic E-state index is 0.918. The summed E-state index contributed by atoms with van der Waals surface area (Å²) >= 11 is 0. The predicted molar refractivity (Wildman–Crippen MR) is 183 cm³/mol. The van der Waals surface area contributed by atoms with Crippen LogP contribution >= 0.6 is 0 Å². The molecule has 1 nitrogen and oxygen atoms in total. The lowest BCUT2D eigenvalue weighted by molar-refractivity contribution is 0.670. The molecule has 0 unspecified atom stereocenters. The van der Waals surface area contributed by atoms with E-state index in [1.165, 1.54) is 75.9 Å². The molecule has 0 radical (unpaired) electrons. The van der Waals surface area contributed by atoms with E-state index >= 15 is 0 Å². The first-order valence-electron chi connectivity index (χ1n) is 14.8. The molecule has 43 heavy (non-hydrogen) atoms. The fourth-order valence-corrected chi connectivity index (χ4v) is 7.34. The van der Waals surface area contributed by atoms with Gasteiger partial charge in [0.05, 0.1) is 0 Å². The average molecular weight is 545 g/mol. The van der Waals surface area contributed by atoms with E-state index < -0.39 is 0 Å². The lowest BCUT2D eigenvalue weighted by Gasteiger charge is -2.15. The Kier molecular flexibility index (Phi) is 4.51. The maximum atomic E-state index is 6.89. The van der Waals surface area contributed by atoms with Gasteiger partial charge in [0.1, 0.15) is 11.2 Å². The highest BCUT2D eigenvalue weighted by Crippen LogP contribution is 2.46. The molecule has 0 aliphatic carbocycles. The van der Waals surface area contributed by atoms with Gasteiger partial charge in [0.2, 0.25) is 0 Å². The topological polar surface area (TPSA) is 13.1 Å². The molecule has 0 atom stereocenters. The second-order valence-electron chi connectivity index (χ2n) is 11.7. The number of hydrogen-bond acceptors (Lipinski definition) is 1. The summed E-state index contributed by atoms with van der Waals surface area (Å²) in [6, 6.07) is 53.1. The summed E-state index contributed by atoms with van der Waals surface area (Å²) in [6.45, 7) is 0. The SMILES string of the molecule is c1ccc2cc(-c3ccc(-c4ccc5ccc6cccc7ccc4c5c67)c4oc5cc6ccccc6cc5c34)ccc2c1. The maximum absolute atomic E-state index is 6.89. The molecule has 0 bridgehead atoms. The molecule has 0 aliphatic heterocycles. The largest absolute Gasteiger partial charge is 0.455 e. The molecule has 0 saturated carbocycles. The smallest absolute Gasteiger partial charge is 0.143 e. The summed E-state index contributed by atoms with van der Waals surface area (Å²) in [4.78, 5) is 0. The van der Waals surface area contributed by atoms with Gasteiger partial charge in [-0.25, -0.2) is 0 Å². The van der Waals surface area contributed by atoms with Crippen LogP contribution in [-0.4, -0.2) is 0 Å². The van der Waals surface area contributed by atoms with Crippen molar-refractivity contribution in [1.82, 2.24) is 0 Å². The molecule has 0 saturated heterocycles. The highest BCUT2D eigenvalue weighted by molar-refractivity contribution is 6.27. The van der Waals surface area contributed by atoms with Crippen LogP contribution in [0.1, 0.15) is 0 Å². The van der Waals surface area contributed by atoms with Gasteiger partial charge in [-0.05, 0) is 94.8 Å². The first-order valence-corrected chi connectivity index (χ1v) is 14.8. The van der Waals surface area contributed by atoms with Crippen LogP contribution in [0.5, 0.6) is 0 Å². The molecule has 9 aromatic carbocycles. The van der Waals surface area contributed by atoms with E-state index in [1.54, 1.807) is 0 Å². The fourth-order valence-electron chi connectivity index (χ4n) is 7.34. The van der Waals surface area contributed by atoms with E-state index in [2.05, 4.69) is 146 Å². The molecular formula is C42H24O. The zero-order chi connectivity index (χ0) is 28.1. The van der Waals surface area contributed by atoms with Crippen molar-refractivity contribution in [2.75, 3.05) is 0 Å². The normalized spacial score (nSPS) is 12.2. The van der Waals surface area contributed by atoms with E-state index in [0.717, 1.165) is 22.1 Å². The monoisotopic (exact) mass is 544 g/mol. The summed E-state index contributed by atoms with van der Waals surface area (Å²) < 4.78 is 6.89. The lowest BCUT2D eigenvalue weighted by Crippen LogP contribution is -1.89. The van der Waals surface area contributed by atoms with E-state index in [0.29, 0.717) is 0 Å². The number of fused-ring (bicyclic) bond motifs is 5. The first-order chi connectivity index (χ1) is 21.3. The van der Waals surface area contributed by atoms with Gasteiger partial charge in [-0.3, -0.25) is 0 Å². The number of hydrogen-bond donors (Lipinski definition) is 0. The van der Waals surface area contributed by atoms with E-state index in [1.807, 2.05) is 0 Å². The summed E-state index contributed by atoms with van der Waals surface area (Å²) in [7, 11) is 0. The second kappa shape index (κ2) is 8.44. The van der Waals surface area contributed by atoms with Gasteiger partial charge >= 0.3 is 0 Å². The highest BCUT2D eigenvalue weighted by Gasteiger charge is 2.20. The Bertz CT molecular complexity index is 2710. The van der Waals surface area contributed by atoms with Crippen molar-refractivity contribution in [1.29, 1.82) is 0 Å². The van der Waals surface area contributed by atoms with E-state index in [-0.39, 0.29) is 0 Å². The zero-order valence-corrected chi connectivity index (χ0v) is 23.3. The molecule has 1 heterocycles. The molecule has 0 aliphatic rings. The van der Waals surface area contributed by atoms with Gasteiger partial charge in [0, 0.05) is 16.3 Å². The summed E-state index contributed by atoms with van der Waals surface area (Å²) in [6.07, 6.45) is 0. The second-order valence-corrected chi connectivity index (χ2v) is 11.7. The summed E-state index contributed by atoms with van der Waals surface area (Å²) in [5.41, 5.74) is 6.56. The molecule has 1 aromatic heterocycles. The highest BCUT2D eigenvalue weighted by atomic mass is 16.3. The molecule has 198 valence electrons. The molecular weight excluding hydrogens is 520 g/mol. The Balaban J connectivity index is 1.33. The third kappa shape index (κ3) is 3.22. The van der Waals surface area contributed by atoms with Gasteiger partial charge < -0.3 is 4.42 Å². The van der Waals surface area contributed by atoms with Crippen LogP contribution in [0.25, 0.3) is 98.1 Å². The van der Waals surface area contributed by atoms with Crippen molar-refractivity contribution >= 4 is 75.8 Å². The van der Waals surface area contributed by atoms with Gasteiger partial charge in [-0.2, -0.15) is 0 Å². The molecule has 0 N–H and O–H groups in total. The van der Waals surface area contributed by atoms with Crippen LogP contribution in [0.3, 0.4) is 0 Å². The fraction of sp³-hybridized carbons (Fsp3) is 0. The van der Waals surface area contributed by atoms with Crippen LogP contribution < -0.4 is 0 Å². The third-order valence-electron chi connectivity index (χ3n) is 9.37. The molecule has 10 aromatic rings. The Morgan fingerprint density at radius 2 is 0.907 bits per heavy atom. The Morgan fingerprint density at radius 3 is 1.72 bits per heavy atom. The van der Waals surface area contributed by atoms with Gasteiger partial charge in [0.25, 0.3) is 0 Å².